The Balaban J connectivity index is 1.27. The first-order valence-electron chi connectivity index (χ1n) is 12.1. The van der Waals surface area contributed by atoms with Gasteiger partial charge in [-0.25, -0.2) is 4.98 Å². The quantitative estimate of drug-likeness (QED) is 0.598. The van der Waals surface area contributed by atoms with Crippen LogP contribution in [0.3, 0.4) is 0 Å². The highest BCUT2D eigenvalue weighted by Gasteiger charge is 2.23. The van der Waals surface area contributed by atoms with Crippen molar-refractivity contribution in [2.24, 2.45) is 5.92 Å². The van der Waals surface area contributed by atoms with E-state index < -0.39 is 0 Å². The van der Waals surface area contributed by atoms with E-state index >= 15 is 0 Å². The van der Waals surface area contributed by atoms with E-state index in [0.717, 1.165) is 56.1 Å². The number of aliphatic hydroxyl groups excluding tert-OH is 1. The van der Waals surface area contributed by atoms with E-state index in [1.54, 1.807) is 11.3 Å². The van der Waals surface area contributed by atoms with E-state index in [-0.39, 0.29) is 6.10 Å². The van der Waals surface area contributed by atoms with Crippen molar-refractivity contribution in [2.75, 3.05) is 36.0 Å². The molecule has 0 saturated carbocycles. The Morgan fingerprint density at radius 3 is 2.72 bits per heavy atom. The molecule has 1 atom stereocenters. The third-order valence-corrected chi connectivity index (χ3v) is 8.27. The molecule has 3 aromatic rings. The van der Waals surface area contributed by atoms with Crippen LogP contribution in [-0.4, -0.2) is 47.4 Å². The standard InChI is InChI=1S/C26H34N4OS/c1-18-15-21-6-3-10-27-24(21)25(19(18)2)29-11-4-5-20(7-12-29)16-22-17-32-26(28-22)30-13-8-23(31)9-14-30/h3,6,10,15,17,20,23,31H,4-5,7-9,11-14,16H2,1-2H3. The van der Waals surface area contributed by atoms with E-state index in [9.17, 15) is 5.11 Å². The number of pyridine rings is 1. The molecule has 2 aliphatic heterocycles. The number of aromatic nitrogens is 2. The summed E-state index contributed by atoms with van der Waals surface area (Å²) in [5.74, 6) is 0.683. The molecule has 32 heavy (non-hydrogen) atoms. The van der Waals surface area contributed by atoms with Crippen LogP contribution in [0.15, 0.2) is 29.8 Å². The zero-order valence-electron chi connectivity index (χ0n) is 19.3. The molecule has 0 radical (unpaired) electrons. The van der Waals surface area contributed by atoms with Gasteiger partial charge in [0.05, 0.1) is 23.0 Å². The van der Waals surface area contributed by atoms with Gasteiger partial charge >= 0.3 is 0 Å². The Bertz CT molecular complexity index is 1070. The molecule has 2 fully saturated rings. The molecule has 0 bridgehead atoms. The molecule has 170 valence electrons. The SMILES string of the molecule is Cc1cc2cccnc2c(N2CCCC(Cc3csc(N4CCC(O)CC4)n3)CC2)c1C. The Kier molecular flexibility index (Phi) is 6.33. The molecule has 0 amide bonds. The number of aliphatic hydroxyl groups is 1. The summed E-state index contributed by atoms with van der Waals surface area (Å²) in [6.07, 6.45) is 8.25. The molecule has 2 aliphatic rings. The summed E-state index contributed by atoms with van der Waals surface area (Å²) in [4.78, 5) is 14.7. The molecule has 0 aliphatic carbocycles. The summed E-state index contributed by atoms with van der Waals surface area (Å²) in [5, 5.41) is 14.4. The molecule has 1 unspecified atom stereocenters. The molecule has 6 heteroatoms. The van der Waals surface area contributed by atoms with Gasteiger partial charge in [-0.3, -0.25) is 4.98 Å². The monoisotopic (exact) mass is 450 g/mol. The van der Waals surface area contributed by atoms with Crippen molar-refractivity contribution < 1.29 is 5.11 Å². The third-order valence-electron chi connectivity index (χ3n) is 7.32. The van der Waals surface area contributed by atoms with Gasteiger partial charge in [0.25, 0.3) is 0 Å². The van der Waals surface area contributed by atoms with Crippen molar-refractivity contribution in [3.63, 3.8) is 0 Å². The summed E-state index contributed by atoms with van der Waals surface area (Å²) < 4.78 is 0. The number of aryl methyl sites for hydroxylation is 1. The first-order chi connectivity index (χ1) is 15.6. The minimum atomic E-state index is -0.135. The van der Waals surface area contributed by atoms with E-state index in [2.05, 4.69) is 41.2 Å². The van der Waals surface area contributed by atoms with E-state index in [1.807, 2.05) is 12.3 Å². The fraction of sp³-hybridized carbons (Fsp3) is 0.538. The van der Waals surface area contributed by atoms with Gasteiger partial charge in [0.1, 0.15) is 0 Å². The number of hydrogen-bond donors (Lipinski definition) is 1. The first-order valence-corrected chi connectivity index (χ1v) is 12.9. The lowest BCUT2D eigenvalue weighted by molar-refractivity contribution is 0.145. The molecular weight excluding hydrogens is 416 g/mol. The van der Waals surface area contributed by atoms with Crippen LogP contribution in [0.5, 0.6) is 0 Å². The number of thiazole rings is 1. The molecule has 1 aromatic carbocycles. The van der Waals surface area contributed by atoms with Crippen molar-refractivity contribution in [3.05, 3.63) is 46.6 Å². The van der Waals surface area contributed by atoms with Crippen molar-refractivity contribution in [1.82, 2.24) is 9.97 Å². The topological polar surface area (TPSA) is 52.5 Å². The predicted octanol–water partition coefficient (Wildman–Crippen LogP) is 5.12. The van der Waals surface area contributed by atoms with Crippen molar-refractivity contribution in [1.29, 1.82) is 0 Å². The van der Waals surface area contributed by atoms with Gasteiger partial charge in [-0.05, 0) is 81.5 Å². The molecule has 2 aromatic heterocycles. The van der Waals surface area contributed by atoms with Crippen LogP contribution >= 0.6 is 11.3 Å². The fourth-order valence-electron chi connectivity index (χ4n) is 5.31. The number of benzene rings is 1. The Morgan fingerprint density at radius 1 is 1.06 bits per heavy atom. The van der Waals surface area contributed by atoms with Crippen LogP contribution in [0.25, 0.3) is 10.9 Å². The summed E-state index contributed by atoms with van der Waals surface area (Å²) in [6, 6.07) is 6.49. The summed E-state index contributed by atoms with van der Waals surface area (Å²) in [5.41, 5.74) is 6.44. The average Bonchev–Trinajstić information content (AvgIpc) is 3.14. The molecule has 2 saturated heterocycles. The number of hydrogen-bond acceptors (Lipinski definition) is 6. The van der Waals surface area contributed by atoms with Gasteiger partial charge in [-0.1, -0.05) is 6.07 Å². The minimum Gasteiger partial charge on any atom is -0.393 e. The molecule has 5 nitrogen and oxygen atoms in total. The second kappa shape index (κ2) is 9.36. The number of piperidine rings is 1. The first kappa shape index (κ1) is 21.7. The maximum atomic E-state index is 9.76. The molecule has 5 rings (SSSR count). The number of nitrogens with zero attached hydrogens (tertiary/aromatic N) is 4. The van der Waals surface area contributed by atoms with Crippen molar-refractivity contribution in [3.8, 4) is 0 Å². The van der Waals surface area contributed by atoms with E-state index in [4.69, 9.17) is 9.97 Å². The highest BCUT2D eigenvalue weighted by Crippen LogP contribution is 2.34. The van der Waals surface area contributed by atoms with Gasteiger partial charge in [0.2, 0.25) is 0 Å². The van der Waals surface area contributed by atoms with Crippen LogP contribution in [-0.2, 0) is 6.42 Å². The zero-order chi connectivity index (χ0) is 22.1. The zero-order valence-corrected chi connectivity index (χ0v) is 20.1. The Labute approximate surface area is 195 Å². The molecular formula is C26H34N4OS. The maximum absolute atomic E-state index is 9.76. The van der Waals surface area contributed by atoms with Crippen LogP contribution in [0, 0.1) is 19.8 Å². The second-order valence-electron chi connectivity index (χ2n) is 9.57. The van der Waals surface area contributed by atoms with Gasteiger partial charge in [0, 0.05) is 43.1 Å². The van der Waals surface area contributed by atoms with Crippen molar-refractivity contribution >= 4 is 33.1 Å². The normalized spacial score (nSPS) is 20.7. The van der Waals surface area contributed by atoms with E-state index in [1.165, 1.54) is 47.2 Å². The van der Waals surface area contributed by atoms with E-state index in [0.29, 0.717) is 5.92 Å². The molecule has 4 heterocycles. The van der Waals surface area contributed by atoms with Crippen LogP contribution in [0.2, 0.25) is 0 Å². The lowest BCUT2D eigenvalue weighted by Crippen LogP contribution is -2.35. The average molecular weight is 451 g/mol. The predicted molar refractivity (Wildman–Crippen MR) is 134 cm³/mol. The van der Waals surface area contributed by atoms with Crippen LogP contribution in [0.4, 0.5) is 10.8 Å². The lowest BCUT2D eigenvalue weighted by atomic mass is 9.96. The lowest BCUT2D eigenvalue weighted by Gasteiger charge is -2.29. The van der Waals surface area contributed by atoms with Gasteiger partial charge in [0.15, 0.2) is 5.13 Å². The largest absolute Gasteiger partial charge is 0.393 e. The Hall–Kier alpha value is -2.18. The van der Waals surface area contributed by atoms with Crippen molar-refractivity contribution in [2.45, 2.75) is 58.5 Å². The highest BCUT2D eigenvalue weighted by atomic mass is 32.1. The summed E-state index contributed by atoms with van der Waals surface area (Å²) >= 11 is 1.77. The molecule has 1 N–H and O–H groups in total. The Morgan fingerprint density at radius 2 is 1.88 bits per heavy atom. The number of rotatable bonds is 4. The highest BCUT2D eigenvalue weighted by molar-refractivity contribution is 7.13. The third kappa shape index (κ3) is 4.48. The fourth-order valence-corrected chi connectivity index (χ4v) is 6.20. The summed E-state index contributed by atoms with van der Waals surface area (Å²) in [7, 11) is 0. The number of fused-ring (bicyclic) bond motifs is 1. The number of anilines is 2. The van der Waals surface area contributed by atoms with Crippen LogP contribution in [0.1, 0.15) is 48.9 Å². The van der Waals surface area contributed by atoms with Gasteiger partial charge in [-0.2, -0.15) is 0 Å². The maximum Gasteiger partial charge on any atom is 0.185 e. The smallest absolute Gasteiger partial charge is 0.185 e. The second-order valence-corrected chi connectivity index (χ2v) is 10.4. The van der Waals surface area contributed by atoms with Gasteiger partial charge < -0.3 is 14.9 Å². The summed E-state index contributed by atoms with van der Waals surface area (Å²) in [6.45, 7) is 8.49. The molecule has 0 spiro atoms. The van der Waals surface area contributed by atoms with Gasteiger partial charge in [-0.15, -0.1) is 11.3 Å². The minimum absolute atomic E-state index is 0.135. The van der Waals surface area contributed by atoms with Crippen LogP contribution < -0.4 is 9.80 Å².